The third kappa shape index (κ3) is 2.38. The highest BCUT2D eigenvalue weighted by molar-refractivity contribution is 7.17. The molecule has 0 saturated carbocycles. The molecule has 2 rings (SSSR count). The first kappa shape index (κ1) is 13.0. The molecule has 5 N–H and O–H groups in total. The summed E-state index contributed by atoms with van der Waals surface area (Å²) < 4.78 is 0. The number of thiophene rings is 1. The first-order valence-corrected chi connectivity index (χ1v) is 6.37. The predicted molar refractivity (Wildman–Crippen MR) is 66.6 cm³/mol. The maximum atomic E-state index is 11.5. The number of carbonyl (C=O) groups is 2. The SMILES string of the molecule is NC(=O)c1c(NC(=O)CO)sc2c1CCC(O)C2. The van der Waals surface area contributed by atoms with Crippen LogP contribution in [0.3, 0.4) is 0 Å². The smallest absolute Gasteiger partial charge is 0.251 e. The molecule has 0 aliphatic heterocycles. The number of nitrogens with one attached hydrogen (secondary N) is 1. The second-order valence-corrected chi connectivity index (χ2v) is 5.28. The summed E-state index contributed by atoms with van der Waals surface area (Å²) in [6.07, 6.45) is 1.20. The van der Waals surface area contributed by atoms with Gasteiger partial charge < -0.3 is 21.3 Å². The van der Waals surface area contributed by atoms with E-state index in [-0.39, 0.29) is 0 Å². The standard InChI is InChI=1S/C11H14N2O4S/c12-10(17)9-6-2-1-5(15)3-7(6)18-11(9)13-8(16)4-14/h5,14-15H,1-4H2,(H2,12,17)(H,13,16). The molecule has 1 atom stereocenters. The number of fused-ring (bicyclic) bond motifs is 1. The zero-order chi connectivity index (χ0) is 13.3. The van der Waals surface area contributed by atoms with Crippen LogP contribution in [0.15, 0.2) is 0 Å². The molecular formula is C11H14N2O4S. The number of carbonyl (C=O) groups excluding carboxylic acids is 2. The van der Waals surface area contributed by atoms with Gasteiger partial charge >= 0.3 is 0 Å². The van der Waals surface area contributed by atoms with E-state index in [1.165, 1.54) is 11.3 Å². The Morgan fingerprint density at radius 3 is 2.83 bits per heavy atom. The molecule has 1 aliphatic rings. The van der Waals surface area contributed by atoms with Gasteiger partial charge in [-0.3, -0.25) is 9.59 Å². The zero-order valence-electron chi connectivity index (χ0n) is 9.60. The van der Waals surface area contributed by atoms with Crippen molar-refractivity contribution in [3.8, 4) is 0 Å². The summed E-state index contributed by atoms with van der Waals surface area (Å²) in [4.78, 5) is 23.5. The first-order valence-electron chi connectivity index (χ1n) is 5.56. The number of aliphatic hydroxyl groups excluding tert-OH is 2. The van der Waals surface area contributed by atoms with Crippen molar-refractivity contribution >= 4 is 28.2 Å². The van der Waals surface area contributed by atoms with E-state index in [4.69, 9.17) is 10.8 Å². The fourth-order valence-electron chi connectivity index (χ4n) is 2.08. The fraction of sp³-hybridized carbons (Fsp3) is 0.455. The van der Waals surface area contributed by atoms with Crippen LogP contribution >= 0.6 is 11.3 Å². The molecule has 0 bridgehead atoms. The summed E-state index contributed by atoms with van der Waals surface area (Å²) in [5.74, 6) is -1.19. The van der Waals surface area contributed by atoms with Crippen molar-refractivity contribution in [2.45, 2.75) is 25.4 Å². The summed E-state index contributed by atoms with van der Waals surface area (Å²) in [5.41, 5.74) is 6.45. The molecular weight excluding hydrogens is 256 g/mol. The van der Waals surface area contributed by atoms with Crippen molar-refractivity contribution in [1.82, 2.24) is 0 Å². The van der Waals surface area contributed by atoms with Crippen LogP contribution in [0.1, 0.15) is 27.2 Å². The van der Waals surface area contributed by atoms with E-state index in [1.807, 2.05) is 0 Å². The molecule has 0 spiro atoms. The Balaban J connectivity index is 2.40. The number of aliphatic hydroxyl groups is 2. The monoisotopic (exact) mass is 270 g/mol. The van der Waals surface area contributed by atoms with E-state index in [9.17, 15) is 14.7 Å². The van der Waals surface area contributed by atoms with Gasteiger partial charge in [0.15, 0.2) is 0 Å². The average molecular weight is 270 g/mol. The second-order valence-electron chi connectivity index (χ2n) is 4.18. The summed E-state index contributed by atoms with van der Waals surface area (Å²) in [6, 6.07) is 0. The van der Waals surface area contributed by atoms with Crippen molar-refractivity contribution in [2.24, 2.45) is 5.73 Å². The van der Waals surface area contributed by atoms with E-state index in [0.29, 0.717) is 29.8 Å². The normalized spacial score (nSPS) is 18.2. The second kappa shape index (κ2) is 5.05. The van der Waals surface area contributed by atoms with Crippen LogP contribution in [0.4, 0.5) is 5.00 Å². The van der Waals surface area contributed by atoms with E-state index in [1.54, 1.807) is 0 Å². The molecule has 0 radical (unpaired) electrons. The molecule has 1 heterocycles. The van der Waals surface area contributed by atoms with Gasteiger partial charge in [-0.1, -0.05) is 0 Å². The van der Waals surface area contributed by atoms with E-state index >= 15 is 0 Å². The van der Waals surface area contributed by atoms with Crippen molar-refractivity contribution in [2.75, 3.05) is 11.9 Å². The molecule has 1 aliphatic carbocycles. The van der Waals surface area contributed by atoms with E-state index in [0.717, 1.165) is 10.4 Å². The summed E-state index contributed by atoms with van der Waals surface area (Å²) >= 11 is 1.23. The van der Waals surface area contributed by atoms with Gasteiger partial charge in [0.2, 0.25) is 0 Å². The number of amides is 2. The van der Waals surface area contributed by atoms with Crippen molar-refractivity contribution in [3.63, 3.8) is 0 Å². The van der Waals surface area contributed by atoms with Crippen LogP contribution in [0.2, 0.25) is 0 Å². The van der Waals surface area contributed by atoms with Crippen molar-refractivity contribution in [1.29, 1.82) is 0 Å². The van der Waals surface area contributed by atoms with Gasteiger partial charge in [-0.15, -0.1) is 11.3 Å². The minimum atomic E-state index is -0.649. The summed E-state index contributed by atoms with van der Waals surface area (Å²) in [5, 5.41) is 21.1. The minimum absolute atomic E-state index is 0.309. The van der Waals surface area contributed by atoms with Crippen LogP contribution in [-0.4, -0.2) is 34.7 Å². The molecule has 0 fully saturated rings. The average Bonchev–Trinajstić information content (AvgIpc) is 2.65. The maximum Gasteiger partial charge on any atom is 0.251 e. The van der Waals surface area contributed by atoms with E-state index < -0.39 is 24.5 Å². The molecule has 1 unspecified atom stereocenters. The lowest BCUT2D eigenvalue weighted by Crippen LogP contribution is -2.22. The van der Waals surface area contributed by atoms with Crippen LogP contribution in [0.25, 0.3) is 0 Å². The lowest BCUT2D eigenvalue weighted by Gasteiger charge is -2.17. The van der Waals surface area contributed by atoms with Crippen molar-refractivity contribution in [3.05, 3.63) is 16.0 Å². The Bertz CT molecular complexity index is 497. The van der Waals surface area contributed by atoms with Gasteiger partial charge in [-0.2, -0.15) is 0 Å². The Kier molecular flexibility index (Phi) is 3.65. The summed E-state index contributed by atoms with van der Waals surface area (Å²) in [6.45, 7) is -0.649. The van der Waals surface area contributed by atoms with Crippen LogP contribution in [0.5, 0.6) is 0 Å². The van der Waals surface area contributed by atoms with Gasteiger partial charge in [0, 0.05) is 11.3 Å². The van der Waals surface area contributed by atoms with Crippen molar-refractivity contribution < 1.29 is 19.8 Å². The number of anilines is 1. The zero-order valence-corrected chi connectivity index (χ0v) is 10.4. The third-order valence-electron chi connectivity index (χ3n) is 2.88. The molecule has 1 aromatic heterocycles. The molecule has 0 aromatic carbocycles. The lowest BCUT2D eigenvalue weighted by molar-refractivity contribution is -0.118. The Morgan fingerprint density at radius 1 is 1.50 bits per heavy atom. The first-order chi connectivity index (χ1) is 8.52. The quantitative estimate of drug-likeness (QED) is 0.600. The number of rotatable bonds is 3. The Labute approximate surface area is 107 Å². The molecule has 1 aromatic rings. The highest BCUT2D eigenvalue weighted by atomic mass is 32.1. The highest BCUT2D eigenvalue weighted by Gasteiger charge is 2.27. The summed E-state index contributed by atoms with van der Waals surface area (Å²) in [7, 11) is 0. The topological polar surface area (TPSA) is 113 Å². The van der Waals surface area contributed by atoms with Gasteiger partial charge in [0.1, 0.15) is 11.6 Å². The van der Waals surface area contributed by atoms with Crippen LogP contribution < -0.4 is 11.1 Å². The molecule has 2 amide bonds. The van der Waals surface area contributed by atoms with Gasteiger partial charge in [0.05, 0.1) is 11.7 Å². The number of hydrogen-bond acceptors (Lipinski definition) is 5. The number of primary amides is 1. The number of nitrogens with two attached hydrogens (primary N) is 1. The largest absolute Gasteiger partial charge is 0.393 e. The highest BCUT2D eigenvalue weighted by Crippen LogP contribution is 2.37. The molecule has 7 heteroatoms. The molecule has 18 heavy (non-hydrogen) atoms. The van der Waals surface area contributed by atoms with Crippen LogP contribution in [-0.2, 0) is 17.6 Å². The minimum Gasteiger partial charge on any atom is -0.393 e. The Hall–Kier alpha value is -1.44. The fourth-order valence-corrected chi connectivity index (χ4v) is 3.42. The maximum absolute atomic E-state index is 11.5. The lowest BCUT2D eigenvalue weighted by atomic mass is 9.93. The molecule has 0 saturated heterocycles. The number of hydrogen-bond donors (Lipinski definition) is 4. The Morgan fingerprint density at radius 2 is 2.22 bits per heavy atom. The van der Waals surface area contributed by atoms with Crippen LogP contribution in [0, 0.1) is 0 Å². The van der Waals surface area contributed by atoms with Gasteiger partial charge in [0.25, 0.3) is 11.8 Å². The predicted octanol–water partition coefficient (Wildman–Crippen LogP) is -0.373. The van der Waals surface area contributed by atoms with E-state index in [2.05, 4.69) is 5.32 Å². The third-order valence-corrected chi connectivity index (χ3v) is 4.05. The molecule has 6 nitrogen and oxygen atoms in total. The van der Waals surface area contributed by atoms with Gasteiger partial charge in [-0.05, 0) is 18.4 Å². The van der Waals surface area contributed by atoms with Gasteiger partial charge in [-0.25, -0.2) is 0 Å². The molecule has 98 valence electrons.